The number of hydrogen-bond donors (Lipinski definition) is 1. The van der Waals surface area contributed by atoms with Gasteiger partial charge in [0.1, 0.15) is 5.41 Å². The van der Waals surface area contributed by atoms with Crippen LogP contribution in [0.5, 0.6) is 0 Å². The number of nitrogens with one attached hydrogen (secondary N) is 1. The molecule has 1 unspecified atom stereocenters. The maximum atomic E-state index is 13.6. The lowest BCUT2D eigenvalue weighted by Gasteiger charge is -2.34. The number of carbonyl (C=O) groups excluding carboxylic acids is 2. The number of carbonyl (C=O) groups is 2. The fourth-order valence-corrected chi connectivity index (χ4v) is 4.20. The monoisotopic (exact) mass is 350 g/mol. The molecule has 136 valence electrons. The van der Waals surface area contributed by atoms with E-state index in [0.717, 1.165) is 17.5 Å². The lowest BCUT2D eigenvalue weighted by Crippen LogP contribution is -2.42. The third-order valence-electron chi connectivity index (χ3n) is 5.38. The van der Waals surface area contributed by atoms with Gasteiger partial charge in [0, 0.05) is 32.5 Å². The Bertz CT molecular complexity index is 719. The fourth-order valence-electron chi connectivity index (χ4n) is 4.20. The number of likely N-dealkylation sites (N-methyl/N-ethyl adjacent to an activating group) is 1. The van der Waals surface area contributed by atoms with Gasteiger partial charge in [-0.05, 0) is 24.5 Å². The predicted octanol–water partition coefficient (Wildman–Crippen LogP) is 2.98. The van der Waals surface area contributed by atoms with Crippen molar-refractivity contribution in [3.05, 3.63) is 71.8 Å². The van der Waals surface area contributed by atoms with Gasteiger partial charge in [-0.2, -0.15) is 0 Å². The highest BCUT2D eigenvalue weighted by atomic mass is 16.2. The smallest absolute Gasteiger partial charge is 0.238 e. The van der Waals surface area contributed by atoms with Crippen molar-refractivity contribution in [1.82, 2.24) is 10.2 Å². The van der Waals surface area contributed by atoms with Crippen molar-refractivity contribution in [2.75, 3.05) is 19.6 Å². The van der Waals surface area contributed by atoms with Gasteiger partial charge in [0.05, 0.1) is 0 Å². The molecule has 4 nitrogen and oxygen atoms in total. The molecular weight excluding hydrogens is 324 g/mol. The second kappa shape index (κ2) is 7.73. The molecule has 0 spiro atoms. The quantitative estimate of drug-likeness (QED) is 0.871. The zero-order valence-corrected chi connectivity index (χ0v) is 15.4. The van der Waals surface area contributed by atoms with Crippen LogP contribution in [0.4, 0.5) is 0 Å². The van der Waals surface area contributed by atoms with E-state index in [1.807, 2.05) is 48.2 Å². The summed E-state index contributed by atoms with van der Waals surface area (Å²) >= 11 is 0. The molecule has 1 heterocycles. The molecule has 2 aromatic rings. The van der Waals surface area contributed by atoms with Gasteiger partial charge in [-0.25, -0.2) is 0 Å². The minimum Gasteiger partial charge on any atom is -0.356 e. The third-order valence-corrected chi connectivity index (χ3v) is 5.38. The molecule has 1 saturated heterocycles. The Labute approximate surface area is 155 Å². The van der Waals surface area contributed by atoms with Crippen LogP contribution < -0.4 is 5.32 Å². The van der Waals surface area contributed by atoms with E-state index in [2.05, 4.69) is 29.6 Å². The molecule has 0 saturated carbocycles. The minimum absolute atomic E-state index is 0.0355. The predicted molar refractivity (Wildman–Crippen MR) is 103 cm³/mol. The standard InChI is InChI=1S/C22H26N2O2/c1-3-24-16-20(14-15-23-17(2)25)22(21(24)26,18-10-6-4-7-11-18)19-12-8-5-9-13-19/h4-13,20H,3,14-16H2,1-2H3,(H,23,25). The summed E-state index contributed by atoms with van der Waals surface area (Å²) in [5, 5.41) is 2.89. The average molecular weight is 350 g/mol. The van der Waals surface area contributed by atoms with E-state index in [4.69, 9.17) is 0 Å². The summed E-state index contributed by atoms with van der Waals surface area (Å²) < 4.78 is 0. The van der Waals surface area contributed by atoms with Gasteiger partial charge >= 0.3 is 0 Å². The molecule has 3 rings (SSSR count). The van der Waals surface area contributed by atoms with Gasteiger partial charge < -0.3 is 10.2 Å². The number of hydrogen-bond acceptors (Lipinski definition) is 2. The Hall–Kier alpha value is -2.62. The molecule has 1 N–H and O–H groups in total. The molecule has 2 amide bonds. The molecule has 0 radical (unpaired) electrons. The van der Waals surface area contributed by atoms with E-state index < -0.39 is 5.41 Å². The molecule has 4 heteroatoms. The van der Waals surface area contributed by atoms with Crippen molar-refractivity contribution < 1.29 is 9.59 Å². The molecule has 26 heavy (non-hydrogen) atoms. The van der Waals surface area contributed by atoms with Crippen LogP contribution in [0.15, 0.2) is 60.7 Å². The summed E-state index contributed by atoms with van der Waals surface area (Å²) in [6, 6.07) is 20.1. The minimum atomic E-state index is -0.697. The molecule has 0 bridgehead atoms. The van der Waals surface area contributed by atoms with Crippen molar-refractivity contribution in [2.45, 2.75) is 25.7 Å². The fraction of sp³-hybridized carbons (Fsp3) is 0.364. The lowest BCUT2D eigenvalue weighted by atomic mass is 9.66. The van der Waals surface area contributed by atoms with E-state index in [-0.39, 0.29) is 17.7 Å². The zero-order valence-electron chi connectivity index (χ0n) is 15.4. The van der Waals surface area contributed by atoms with Crippen molar-refractivity contribution in [3.63, 3.8) is 0 Å². The van der Waals surface area contributed by atoms with E-state index in [1.165, 1.54) is 6.92 Å². The van der Waals surface area contributed by atoms with Gasteiger partial charge in [-0.3, -0.25) is 9.59 Å². The van der Waals surface area contributed by atoms with Crippen LogP contribution in [0.2, 0.25) is 0 Å². The Morgan fingerprint density at radius 2 is 1.62 bits per heavy atom. The highest BCUT2D eigenvalue weighted by Crippen LogP contribution is 2.47. The van der Waals surface area contributed by atoms with Crippen LogP contribution in [0.25, 0.3) is 0 Å². The first-order valence-corrected chi connectivity index (χ1v) is 9.25. The zero-order chi connectivity index (χ0) is 18.6. The molecule has 1 aliphatic rings. The van der Waals surface area contributed by atoms with Crippen molar-refractivity contribution >= 4 is 11.8 Å². The van der Waals surface area contributed by atoms with E-state index >= 15 is 0 Å². The maximum absolute atomic E-state index is 13.6. The largest absolute Gasteiger partial charge is 0.356 e. The summed E-state index contributed by atoms with van der Waals surface area (Å²) in [5.41, 5.74) is 1.36. The van der Waals surface area contributed by atoms with Crippen LogP contribution in [-0.2, 0) is 15.0 Å². The summed E-state index contributed by atoms with van der Waals surface area (Å²) in [6.45, 7) is 5.52. The average Bonchev–Trinajstić information content (AvgIpc) is 2.95. The van der Waals surface area contributed by atoms with Gasteiger partial charge in [-0.15, -0.1) is 0 Å². The SMILES string of the molecule is CCN1CC(CCNC(C)=O)C(c2ccccc2)(c2ccccc2)C1=O. The maximum Gasteiger partial charge on any atom is 0.238 e. The molecule has 0 aromatic heterocycles. The number of nitrogens with zero attached hydrogens (tertiary/aromatic N) is 1. The van der Waals surface area contributed by atoms with Crippen LogP contribution >= 0.6 is 0 Å². The number of amides is 2. The normalized spacial score (nSPS) is 18.8. The van der Waals surface area contributed by atoms with Crippen LogP contribution in [0.1, 0.15) is 31.4 Å². The van der Waals surface area contributed by atoms with Crippen molar-refractivity contribution in [3.8, 4) is 0 Å². The van der Waals surface area contributed by atoms with Crippen LogP contribution in [0.3, 0.4) is 0 Å². The molecular formula is C22H26N2O2. The second-order valence-electron chi connectivity index (χ2n) is 6.85. The second-order valence-corrected chi connectivity index (χ2v) is 6.85. The highest BCUT2D eigenvalue weighted by Gasteiger charge is 2.55. The molecule has 1 fully saturated rings. The topological polar surface area (TPSA) is 49.4 Å². The first-order chi connectivity index (χ1) is 12.6. The lowest BCUT2D eigenvalue weighted by molar-refractivity contribution is -0.131. The molecule has 1 aliphatic heterocycles. The Balaban J connectivity index is 2.11. The van der Waals surface area contributed by atoms with Crippen molar-refractivity contribution in [1.29, 1.82) is 0 Å². The first kappa shape index (κ1) is 18.2. The van der Waals surface area contributed by atoms with Crippen LogP contribution in [0, 0.1) is 5.92 Å². The number of rotatable bonds is 6. The van der Waals surface area contributed by atoms with Gasteiger partial charge in [0.25, 0.3) is 0 Å². The summed E-state index contributed by atoms with van der Waals surface area (Å²) in [4.78, 5) is 26.9. The Kier molecular flexibility index (Phi) is 5.40. The summed E-state index contributed by atoms with van der Waals surface area (Å²) in [6.07, 6.45) is 0.756. The Morgan fingerprint density at radius 3 is 2.08 bits per heavy atom. The summed E-state index contributed by atoms with van der Waals surface area (Å²) in [5.74, 6) is 0.225. The summed E-state index contributed by atoms with van der Waals surface area (Å²) in [7, 11) is 0. The number of likely N-dealkylation sites (tertiary alicyclic amines) is 1. The van der Waals surface area contributed by atoms with Crippen LogP contribution in [-0.4, -0.2) is 36.3 Å². The van der Waals surface area contributed by atoms with E-state index in [1.54, 1.807) is 0 Å². The highest BCUT2D eigenvalue weighted by molar-refractivity contribution is 5.94. The van der Waals surface area contributed by atoms with Crippen molar-refractivity contribution in [2.24, 2.45) is 5.92 Å². The Morgan fingerprint density at radius 1 is 1.08 bits per heavy atom. The van der Waals surface area contributed by atoms with E-state index in [0.29, 0.717) is 19.6 Å². The number of benzene rings is 2. The molecule has 1 atom stereocenters. The van der Waals surface area contributed by atoms with Gasteiger partial charge in [0.15, 0.2) is 0 Å². The third kappa shape index (κ3) is 3.12. The first-order valence-electron chi connectivity index (χ1n) is 9.25. The van der Waals surface area contributed by atoms with E-state index in [9.17, 15) is 9.59 Å². The molecule has 0 aliphatic carbocycles. The van der Waals surface area contributed by atoms with Gasteiger partial charge in [-0.1, -0.05) is 60.7 Å². The van der Waals surface area contributed by atoms with Gasteiger partial charge in [0.2, 0.25) is 11.8 Å². The molecule has 2 aromatic carbocycles.